The van der Waals surface area contributed by atoms with Crippen LogP contribution in [0.3, 0.4) is 0 Å². The largest absolute Gasteiger partial charge is 0.378 e. The number of hydrogen-bond donors (Lipinski definition) is 1. The van der Waals surface area contributed by atoms with E-state index < -0.39 is 0 Å². The van der Waals surface area contributed by atoms with Gasteiger partial charge in [0.15, 0.2) is 5.96 Å². The van der Waals surface area contributed by atoms with E-state index in [9.17, 15) is 0 Å². The Bertz CT molecular complexity index is 462. The molecule has 4 nitrogen and oxygen atoms in total. The standard InChI is InChI=1S/C14H19N3O/c1-11(2)12-5-3-4-6-13(12)16-14(15)17-7-9-18-10-8-17/h3-6H,1,7-10H2,2H3,(H2,15,16). The number of morpholine rings is 1. The zero-order chi connectivity index (χ0) is 13.0. The summed E-state index contributed by atoms with van der Waals surface area (Å²) < 4.78 is 5.30. The summed E-state index contributed by atoms with van der Waals surface area (Å²) in [7, 11) is 0. The summed E-state index contributed by atoms with van der Waals surface area (Å²) in [5.74, 6) is 0.548. The number of para-hydroxylation sites is 1. The second-order valence-corrected chi connectivity index (χ2v) is 4.37. The zero-order valence-corrected chi connectivity index (χ0v) is 10.7. The highest BCUT2D eigenvalue weighted by molar-refractivity contribution is 5.84. The molecule has 0 atom stereocenters. The number of aliphatic imine (C=N–C) groups is 1. The van der Waals surface area contributed by atoms with Crippen molar-refractivity contribution >= 4 is 17.2 Å². The van der Waals surface area contributed by atoms with Crippen molar-refractivity contribution in [1.82, 2.24) is 4.90 Å². The molecule has 96 valence electrons. The average Bonchev–Trinajstić information content (AvgIpc) is 2.40. The molecule has 1 aliphatic heterocycles. The summed E-state index contributed by atoms with van der Waals surface area (Å²) >= 11 is 0. The van der Waals surface area contributed by atoms with Gasteiger partial charge in [0.05, 0.1) is 18.9 Å². The second-order valence-electron chi connectivity index (χ2n) is 4.37. The van der Waals surface area contributed by atoms with Gasteiger partial charge in [-0.05, 0) is 18.6 Å². The summed E-state index contributed by atoms with van der Waals surface area (Å²) in [4.78, 5) is 6.55. The average molecular weight is 245 g/mol. The Morgan fingerprint density at radius 3 is 2.67 bits per heavy atom. The first kappa shape index (κ1) is 12.6. The molecule has 18 heavy (non-hydrogen) atoms. The van der Waals surface area contributed by atoms with E-state index in [0.717, 1.165) is 29.9 Å². The van der Waals surface area contributed by atoms with Crippen molar-refractivity contribution in [2.45, 2.75) is 6.92 Å². The van der Waals surface area contributed by atoms with Gasteiger partial charge in [0.25, 0.3) is 0 Å². The van der Waals surface area contributed by atoms with Crippen molar-refractivity contribution in [3.8, 4) is 0 Å². The molecule has 1 fully saturated rings. The predicted octanol–water partition coefficient (Wildman–Crippen LogP) is 2.00. The minimum Gasteiger partial charge on any atom is -0.378 e. The number of ether oxygens (including phenoxy) is 1. The second kappa shape index (κ2) is 5.69. The molecule has 4 heteroatoms. The van der Waals surface area contributed by atoms with Gasteiger partial charge in [0, 0.05) is 18.7 Å². The number of guanidine groups is 1. The third-order valence-corrected chi connectivity index (χ3v) is 2.93. The van der Waals surface area contributed by atoms with Crippen molar-refractivity contribution in [2.24, 2.45) is 10.7 Å². The van der Waals surface area contributed by atoms with E-state index in [2.05, 4.69) is 11.6 Å². The van der Waals surface area contributed by atoms with Crippen molar-refractivity contribution in [3.05, 3.63) is 36.4 Å². The van der Waals surface area contributed by atoms with Crippen LogP contribution >= 0.6 is 0 Å². The van der Waals surface area contributed by atoms with Crippen LogP contribution in [-0.2, 0) is 4.74 Å². The molecule has 1 aromatic rings. The van der Waals surface area contributed by atoms with Crippen molar-refractivity contribution < 1.29 is 4.74 Å². The van der Waals surface area contributed by atoms with E-state index in [-0.39, 0.29) is 0 Å². The zero-order valence-electron chi connectivity index (χ0n) is 10.7. The summed E-state index contributed by atoms with van der Waals surface area (Å²) in [5.41, 5.74) is 8.94. The molecule has 0 bridgehead atoms. The van der Waals surface area contributed by atoms with Crippen LogP contribution < -0.4 is 5.73 Å². The first-order chi connectivity index (χ1) is 8.68. The molecular weight excluding hydrogens is 226 g/mol. The lowest BCUT2D eigenvalue weighted by molar-refractivity contribution is 0.0675. The third-order valence-electron chi connectivity index (χ3n) is 2.93. The molecule has 0 amide bonds. The Kier molecular flexibility index (Phi) is 3.99. The first-order valence-electron chi connectivity index (χ1n) is 6.10. The van der Waals surface area contributed by atoms with Gasteiger partial charge in [-0.2, -0.15) is 0 Å². The minimum atomic E-state index is 0.548. The normalized spacial score (nSPS) is 16.7. The van der Waals surface area contributed by atoms with E-state index in [1.807, 2.05) is 36.1 Å². The highest BCUT2D eigenvalue weighted by Gasteiger charge is 2.12. The Labute approximate surface area is 108 Å². The van der Waals surface area contributed by atoms with Crippen molar-refractivity contribution in [1.29, 1.82) is 0 Å². The molecule has 1 aliphatic rings. The SMILES string of the molecule is C=C(C)c1ccccc1N=C(N)N1CCOCC1. The summed E-state index contributed by atoms with van der Waals surface area (Å²) in [6.45, 7) is 8.94. The molecule has 0 radical (unpaired) electrons. The maximum Gasteiger partial charge on any atom is 0.196 e. The topological polar surface area (TPSA) is 50.8 Å². The van der Waals surface area contributed by atoms with Crippen LogP contribution in [-0.4, -0.2) is 37.2 Å². The van der Waals surface area contributed by atoms with Gasteiger partial charge in [-0.1, -0.05) is 24.8 Å². The minimum absolute atomic E-state index is 0.548. The molecule has 2 rings (SSSR count). The fourth-order valence-corrected chi connectivity index (χ4v) is 1.92. The summed E-state index contributed by atoms with van der Waals surface area (Å²) in [5, 5.41) is 0. The maximum absolute atomic E-state index is 6.04. The number of nitrogens with zero attached hydrogens (tertiary/aromatic N) is 2. The predicted molar refractivity (Wildman–Crippen MR) is 74.8 cm³/mol. The van der Waals surface area contributed by atoms with E-state index in [1.165, 1.54) is 0 Å². The van der Waals surface area contributed by atoms with Crippen LogP contribution in [0.4, 0.5) is 5.69 Å². The van der Waals surface area contributed by atoms with E-state index >= 15 is 0 Å². The molecule has 1 heterocycles. The molecule has 0 spiro atoms. The van der Waals surface area contributed by atoms with E-state index in [0.29, 0.717) is 19.2 Å². The number of nitrogens with two attached hydrogens (primary N) is 1. The van der Waals surface area contributed by atoms with Gasteiger partial charge in [-0.3, -0.25) is 0 Å². The lowest BCUT2D eigenvalue weighted by atomic mass is 10.1. The molecule has 0 saturated carbocycles. The van der Waals surface area contributed by atoms with Crippen LogP contribution in [0.15, 0.2) is 35.8 Å². The monoisotopic (exact) mass is 245 g/mol. The van der Waals surface area contributed by atoms with Gasteiger partial charge < -0.3 is 15.4 Å². The Hall–Kier alpha value is -1.81. The van der Waals surface area contributed by atoms with Gasteiger partial charge in [0.2, 0.25) is 0 Å². The highest BCUT2D eigenvalue weighted by atomic mass is 16.5. The molecular formula is C14H19N3O. The fraction of sp³-hybridized carbons (Fsp3) is 0.357. The summed E-state index contributed by atoms with van der Waals surface area (Å²) in [6, 6.07) is 7.90. The number of rotatable bonds is 2. The lowest BCUT2D eigenvalue weighted by Gasteiger charge is -2.27. The van der Waals surface area contributed by atoms with Crippen LogP contribution in [0, 0.1) is 0 Å². The highest BCUT2D eigenvalue weighted by Crippen LogP contribution is 2.24. The number of hydrogen-bond acceptors (Lipinski definition) is 2. The van der Waals surface area contributed by atoms with Crippen molar-refractivity contribution in [3.63, 3.8) is 0 Å². The van der Waals surface area contributed by atoms with E-state index in [4.69, 9.17) is 10.5 Å². The van der Waals surface area contributed by atoms with Crippen LogP contribution in [0.25, 0.3) is 5.57 Å². The van der Waals surface area contributed by atoms with Crippen LogP contribution in [0.1, 0.15) is 12.5 Å². The molecule has 0 unspecified atom stereocenters. The lowest BCUT2D eigenvalue weighted by Crippen LogP contribution is -2.44. The Balaban J connectivity index is 2.23. The first-order valence-corrected chi connectivity index (χ1v) is 6.10. The van der Waals surface area contributed by atoms with Gasteiger partial charge >= 0.3 is 0 Å². The van der Waals surface area contributed by atoms with Crippen molar-refractivity contribution in [2.75, 3.05) is 26.3 Å². The quantitative estimate of drug-likeness (QED) is 0.640. The van der Waals surface area contributed by atoms with Crippen LogP contribution in [0.5, 0.6) is 0 Å². The summed E-state index contributed by atoms with van der Waals surface area (Å²) in [6.07, 6.45) is 0. The number of benzene rings is 1. The smallest absolute Gasteiger partial charge is 0.196 e. The van der Waals surface area contributed by atoms with E-state index in [1.54, 1.807) is 0 Å². The Morgan fingerprint density at radius 1 is 1.33 bits per heavy atom. The van der Waals surface area contributed by atoms with Gasteiger partial charge in [-0.25, -0.2) is 4.99 Å². The molecule has 1 aromatic carbocycles. The molecule has 0 aromatic heterocycles. The van der Waals surface area contributed by atoms with Gasteiger partial charge in [-0.15, -0.1) is 0 Å². The van der Waals surface area contributed by atoms with Crippen LogP contribution in [0.2, 0.25) is 0 Å². The maximum atomic E-state index is 6.04. The molecule has 0 aliphatic carbocycles. The molecule has 1 saturated heterocycles. The fourth-order valence-electron chi connectivity index (χ4n) is 1.92. The molecule has 2 N–H and O–H groups in total. The Morgan fingerprint density at radius 2 is 2.00 bits per heavy atom. The number of allylic oxidation sites excluding steroid dienone is 1. The third kappa shape index (κ3) is 2.90. The van der Waals surface area contributed by atoms with Gasteiger partial charge in [0.1, 0.15) is 0 Å².